The van der Waals surface area contributed by atoms with E-state index in [0.29, 0.717) is 11.3 Å². The molecular formula is C51H39N9O5. The molecule has 65 heavy (non-hydrogen) atoms. The Morgan fingerprint density at radius 1 is 0.600 bits per heavy atom. The number of hydrogen-bond donors (Lipinski definition) is 4. The zero-order valence-electron chi connectivity index (χ0n) is 34.8. The predicted molar refractivity (Wildman–Crippen MR) is 250 cm³/mol. The maximum atomic E-state index is 12.5. The standard InChI is InChI=1S/C51H39N9O5/c1-29-27-60(51(63)59-50(29)62)45-26-43(61)44(65-45)28-64-34-4-2-30(3-5-34)46-35-6-8-37(55-35)47(31-14-20-52-21-15-31)39-10-12-41(57-39)49(33-18-24-54-25-19-33)42-13-11-40(58-42)48(32-16-22-53-23-17-32)38-9-7-36(46)56-38/h2-25,27,43-45,55-56,61H,26,28H2,1H3,(H,59,62,63)/t43-,44+,45+/m0/s1. The molecule has 14 heteroatoms. The smallest absolute Gasteiger partial charge is 0.330 e. The van der Waals surface area contributed by atoms with E-state index >= 15 is 0 Å². The summed E-state index contributed by atoms with van der Waals surface area (Å²) in [6.45, 7) is 1.65. The van der Waals surface area contributed by atoms with E-state index in [9.17, 15) is 14.7 Å². The molecule has 318 valence electrons. The molecule has 14 nitrogen and oxygen atoms in total. The number of H-pyrrole nitrogens is 3. The van der Waals surface area contributed by atoms with Gasteiger partial charge in [-0.2, -0.15) is 0 Å². The maximum Gasteiger partial charge on any atom is 0.330 e. The first kappa shape index (κ1) is 39.5. The van der Waals surface area contributed by atoms with Crippen LogP contribution in [0.4, 0.5) is 0 Å². The van der Waals surface area contributed by atoms with Gasteiger partial charge in [-0.3, -0.25) is 29.3 Å². The Balaban J connectivity index is 1.06. The number of aryl methyl sites for hydroxylation is 1. The molecule has 0 unspecified atom stereocenters. The van der Waals surface area contributed by atoms with Crippen molar-refractivity contribution in [1.29, 1.82) is 0 Å². The summed E-state index contributed by atoms with van der Waals surface area (Å²) in [5.41, 5.74) is 13.2. The number of aromatic amines is 3. The van der Waals surface area contributed by atoms with E-state index in [1.807, 2.05) is 85.0 Å². The van der Waals surface area contributed by atoms with Crippen molar-refractivity contribution in [3.8, 4) is 50.3 Å². The summed E-state index contributed by atoms with van der Waals surface area (Å²) in [6, 6.07) is 28.0. The van der Waals surface area contributed by atoms with Crippen molar-refractivity contribution < 1.29 is 14.6 Å². The van der Waals surface area contributed by atoms with E-state index in [1.165, 1.54) is 10.8 Å². The second kappa shape index (κ2) is 16.4. The van der Waals surface area contributed by atoms with E-state index in [0.717, 1.165) is 89.4 Å². The van der Waals surface area contributed by atoms with Gasteiger partial charge in [-0.05, 0) is 126 Å². The fourth-order valence-electron chi connectivity index (χ4n) is 8.71. The third-order valence-electron chi connectivity index (χ3n) is 11.9. The maximum absolute atomic E-state index is 12.5. The van der Waals surface area contributed by atoms with Crippen LogP contribution in [0, 0.1) is 6.92 Å². The van der Waals surface area contributed by atoms with E-state index in [1.54, 1.807) is 44.1 Å². The van der Waals surface area contributed by atoms with Crippen LogP contribution in [0.15, 0.2) is 138 Å². The molecule has 3 atom stereocenters. The van der Waals surface area contributed by atoms with Gasteiger partial charge in [0.15, 0.2) is 0 Å². The summed E-state index contributed by atoms with van der Waals surface area (Å²) in [4.78, 5) is 57.8. The highest BCUT2D eigenvalue weighted by Crippen LogP contribution is 2.38. The lowest BCUT2D eigenvalue weighted by Gasteiger charge is -2.17. The third kappa shape index (κ3) is 7.45. The number of hydrogen-bond acceptors (Lipinski definition) is 10. The molecule has 7 aromatic heterocycles. The molecule has 10 heterocycles. The number of nitrogens with one attached hydrogen (secondary N) is 3. The fraction of sp³-hybridized carbons (Fsp3) is 0.118. The van der Waals surface area contributed by atoms with Crippen LogP contribution in [0.3, 0.4) is 0 Å². The highest BCUT2D eigenvalue weighted by Gasteiger charge is 2.36. The molecule has 1 fully saturated rings. The molecule has 8 aromatic rings. The summed E-state index contributed by atoms with van der Waals surface area (Å²) < 4.78 is 13.5. The van der Waals surface area contributed by atoms with Gasteiger partial charge in [0.25, 0.3) is 5.56 Å². The van der Waals surface area contributed by atoms with Crippen molar-refractivity contribution in [3.63, 3.8) is 0 Å². The average molecular weight is 858 g/mol. The molecule has 4 N–H and O–H groups in total. The zero-order valence-corrected chi connectivity index (χ0v) is 34.8. The van der Waals surface area contributed by atoms with Crippen LogP contribution in [-0.2, 0) is 4.74 Å². The molecule has 0 saturated carbocycles. The van der Waals surface area contributed by atoms with E-state index in [-0.39, 0.29) is 13.0 Å². The quantitative estimate of drug-likeness (QED) is 0.116. The normalized spacial score (nSPS) is 16.6. The van der Waals surface area contributed by atoms with E-state index in [4.69, 9.17) is 19.4 Å². The minimum absolute atomic E-state index is 0.0443. The van der Waals surface area contributed by atoms with Crippen LogP contribution in [0.2, 0.25) is 0 Å². The van der Waals surface area contributed by atoms with Gasteiger partial charge in [0, 0.05) is 99.7 Å². The monoisotopic (exact) mass is 857 g/mol. The van der Waals surface area contributed by atoms with Crippen LogP contribution in [0.5, 0.6) is 5.75 Å². The Hall–Kier alpha value is -8.33. The number of aliphatic hydroxyl groups excluding tert-OH is 1. The number of nitrogens with zero attached hydrogens (tertiary/aromatic N) is 6. The minimum atomic E-state index is -0.883. The first-order chi connectivity index (χ1) is 31.8. The third-order valence-corrected chi connectivity index (χ3v) is 11.9. The van der Waals surface area contributed by atoms with Gasteiger partial charge >= 0.3 is 5.69 Å². The van der Waals surface area contributed by atoms with Crippen molar-refractivity contribution in [2.24, 2.45) is 0 Å². The van der Waals surface area contributed by atoms with Gasteiger partial charge in [0.1, 0.15) is 24.7 Å². The predicted octanol–water partition coefficient (Wildman–Crippen LogP) is 8.39. The lowest BCUT2D eigenvalue weighted by atomic mass is 10.0. The molecule has 3 aliphatic heterocycles. The number of fused-ring (bicyclic) bond motifs is 8. The number of aliphatic hydroxyl groups is 1. The van der Waals surface area contributed by atoms with Crippen LogP contribution in [-0.4, -0.2) is 68.4 Å². The number of aromatic nitrogens is 9. The van der Waals surface area contributed by atoms with Crippen molar-refractivity contribution in [2.75, 3.05) is 6.61 Å². The number of pyridine rings is 3. The lowest BCUT2D eigenvalue weighted by Crippen LogP contribution is -2.33. The second-order valence-corrected chi connectivity index (χ2v) is 16.0. The minimum Gasteiger partial charge on any atom is -0.491 e. The van der Waals surface area contributed by atoms with Crippen molar-refractivity contribution >= 4 is 46.4 Å². The molecule has 11 rings (SSSR count). The number of ether oxygens (including phenoxy) is 2. The molecule has 0 spiro atoms. The van der Waals surface area contributed by atoms with Crippen molar-refractivity contribution in [1.82, 2.24) is 44.4 Å². The van der Waals surface area contributed by atoms with Crippen molar-refractivity contribution in [2.45, 2.75) is 31.8 Å². The van der Waals surface area contributed by atoms with Gasteiger partial charge in [0.2, 0.25) is 0 Å². The molecule has 0 radical (unpaired) electrons. The average Bonchev–Trinajstić information content (AvgIpc) is 4.21. The lowest BCUT2D eigenvalue weighted by molar-refractivity contribution is -0.0410. The van der Waals surface area contributed by atoms with Crippen LogP contribution < -0.4 is 16.0 Å². The highest BCUT2D eigenvalue weighted by atomic mass is 16.6. The summed E-state index contributed by atoms with van der Waals surface area (Å²) >= 11 is 0. The molecule has 0 aliphatic carbocycles. The van der Waals surface area contributed by atoms with Crippen LogP contribution in [0.1, 0.15) is 41.0 Å². The second-order valence-electron chi connectivity index (χ2n) is 16.0. The van der Waals surface area contributed by atoms with Crippen LogP contribution >= 0.6 is 0 Å². The molecule has 1 aromatic carbocycles. The number of rotatable bonds is 8. The van der Waals surface area contributed by atoms with Crippen molar-refractivity contribution in [3.05, 3.63) is 177 Å². The van der Waals surface area contributed by atoms with E-state index < -0.39 is 29.7 Å². The topological polar surface area (TPSA) is 190 Å². The SMILES string of the molecule is Cc1cn([C@H]2C[C@H](O)[C@@H](COc3ccc(-c4c5ccc([nH]5)c(-c5ccncc5)c5nc(c(-c6ccncc6)c6nc(c(-c7ccncc7)c7ccc4[nH]7)C=C6)C=C5)cc3)O2)c(=O)[nH]c1=O. The molecule has 0 amide bonds. The van der Waals surface area contributed by atoms with Gasteiger partial charge in [0.05, 0.1) is 28.9 Å². The molecule has 8 bridgehead atoms. The fourth-order valence-corrected chi connectivity index (χ4v) is 8.71. The largest absolute Gasteiger partial charge is 0.491 e. The summed E-state index contributed by atoms with van der Waals surface area (Å²) in [6.07, 6.45) is 18.2. The molecule has 1 saturated heterocycles. The Bertz CT molecular complexity index is 3330. The Kier molecular flexibility index (Phi) is 9.98. The first-order valence-electron chi connectivity index (χ1n) is 21.1. The van der Waals surface area contributed by atoms with Gasteiger partial charge in [-0.25, -0.2) is 14.8 Å². The zero-order chi connectivity index (χ0) is 44.0. The molecular weight excluding hydrogens is 819 g/mol. The first-order valence-corrected chi connectivity index (χ1v) is 21.1. The summed E-state index contributed by atoms with van der Waals surface area (Å²) in [5.74, 6) is 0.568. The molecule has 3 aliphatic rings. The summed E-state index contributed by atoms with van der Waals surface area (Å²) in [7, 11) is 0. The summed E-state index contributed by atoms with van der Waals surface area (Å²) in [5, 5.41) is 10.9. The Labute approximate surface area is 370 Å². The van der Waals surface area contributed by atoms with Crippen LogP contribution in [0.25, 0.3) is 90.9 Å². The highest BCUT2D eigenvalue weighted by molar-refractivity contribution is 6.00. The van der Waals surface area contributed by atoms with Gasteiger partial charge in [-0.15, -0.1) is 0 Å². The Morgan fingerprint density at radius 2 is 1.05 bits per heavy atom. The van der Waals surface area contributed by atoms with E-state index in [2.05, 4.69) is 54.2 Å². The number of benzene rings is 1. The van der Waals surface area contributed by atoms with Gasteiger partial charge < -0.3 is 24.5 Å². The Morgan fingerprint density at radius 3 is 1.55 bits per heavy atom. The van der Waals surface area contributed by atoms with Gasteiger partial charge in [-0.1, -0.05) is 12.1 Å².